The molecule has 20 heavy (non-hydrogen) atoms. The number of carbonyl (C=O) groups is 1. The van der Waals surface area contributed by atoms with Gasteiger partial charge in [0.05, 0.1) is 11.5 Å². The van der Waals surface area contributed by atoms with Gasteiger partial charge in [0.15, 0.2) is 0 Å². The highest BCUT2D eigenvalue weighted by Crippen LogP contribution is 2.22. The van der Waals surface area contributed by atoms with Gasteiger partial charge in [0.25, 0.3) is 11.6 Å². The van der Waals surface area contributed by atoms with E-state index in [0.29, 0.717) is 26.2 Å². The molecule has 8 heteroatoms. The number of hydrogen-bond donors (Lipinski definition) is 1. The normalized spacial score (nSPS) is 10.3. The molecule has 1 amide bonds. The lowest BCUT2D eigenvalue weighted by Crippen LogP contribution is -2.26. The summed E-state index contributed by atoms with van der Waals surface area (Å²) in [7, 11) is 0. The fourth-order valence-corrected chi connectivity index (χ4v) is 1.87. The molecule has 0 fully saturated rings. The minimum Gasteiger partial charge on any atom is -0.381 e. The molecule has 110 valence electrons. The molecule has 0 aliphatic rings. The van der Waals surface area contributed by atoms with Gasteiger partial charge in [-0.2, -0.15) is 0 Å². The van der Waals surface area contributed by atoms with Crippen LogP contribution in [0.5, 0.6) is 0 Å². The van der Waals surface area contributed by atoms with E-state index in [1.165, 1.54) is 12.1 Å². The van der Waals surface area contributed by atoms with Gasteiger partial charge in [0.2, 0.25) is 0 Å². The average Bonchev–Trinajstić information content (AvgIpc) is 2.42. The average molecular weight is 366 g/mol. The molecule has 1 aromatic carbocycles. The van der Waals surface area contributed by atoms with Crippen LogP contribution in [0.2, 0.25) is 5.02 Å². The van der Waals surface area contributed by atoms with Gasteiger partial charge in [-0.15, -0.1) is 0 Å². The second kappa shape index (κ2) is 8.89. The highest BCUT2D eigenvalue weighted by atomic mass is 79.9. The van der Waals surface area contributed by atoms with Crippen LogP contribution in [0.4, 0.5) is 5.69 Å². The fraction of sp³-hybridized carbons (Fsp3) is 0.417. The van der Waals surface area contributed by atoms with E-state index in [2.05, 4.69) is 21.2 Å². The summed E-state index contributed by atoms with van der Waals surface area (Å²) in [5, 5.41) is 14.5. The summed E-state index contributed by atoms with van der Waals surface area (Å²) < 4.78 is 5.22. The summed E-state index contributed by atoms with van der Waals surface area (Å²) in [4.78, 5) is 22.1. The Hall–Kier alpha value is -1.18. The standard InChI is InChI=1S/C12H14BrClN2O4/c13-4-7-20-6-1-5-15-12(17)10-3-2-9(14)8-11(10)16(18)19/h2-3,8H,1,4-7H2,(H,15,17). The third-order valence-electron chi connectivity index (χ3n) is 2.37. The monoisotopic (exact) mass is 364 g/mol. The van der Waals surface area contributed by atoms with Gasteiger partial charge in [-0.25, -0.2) is 0 Å². The van der Waals surface area contributed by atoms with Crippen LogP contribution in [0.3, 0.4) is 0 Å². The zero-order valence-corrected chi connectivity index (χ0v) is 12.9. The van der Waals surface area contributed by atoms with Crippen molar-refractivity contribution in [3.8, 4) is 0 Å². The van der Waals surface area contributed by atoms with Crippen LogP contribution in [0.1, 0.15) is 16.8 Å². The molecular formula is C12H14BrClN2O4. The quantitative estimate of drug-likeness (QED) is 0.332. The maximum atomic E-state index is 11.9. The summed E-state index contributed by atoms with van der Waals surface area (Å²) in [5.41, 5.74) is -0.300. The largest absolute Gasteiger partial charge is 0.381 e. The number of ether oxygens (including phenoxy) is 1. The van der Waals surface area contributed by atoms with Gasteiger partial charge in [-0.3, -0.25) is 14.9 Å². The number of nitrogens with one attached hydrogen (secondary N) is 1. The van der Waals surface area contributed by atoms with Crippen molar-refractivity contribution in [3.63, 3.8) is 0 Å². The molecule has 6 nitrogen and oxygen atoms in total. The smallest absolute Gasteiger partial charge is 0.283 e. The Morgan fingerprint density at radius 3 is 2.85 bits per heavy atom. The molecule has 0 aromatic heterocycles. The molecule has 0 heterocycles. The predicted molar refractivity (Wildman–Crippen MR) is 79.7 cm³/mol. The minimum absolute atomic E-state index is 0.000719. The van der Waals surface area contributed by atoms with Gasteiger partial charge >= 0.3 is 0 Å². The Kier molecular flexibility index (Phi) is 7.50. The van der Waals surface area contributed by atoms with Crippen LogP contribution in [-0.4, -0.2) is 35.9 Å². The van der Waals surface area contributed by atoms with Crippen LogP contribution >= 0.6 is 27.5 Å². The molecule has 0 aliphatic heterocycles. The number of benzene rings is 1. The Morgan fingerprint density at radius 2 is 2.20 bits per heavy atom. The summed E-state index contributed by atoms with van der Waals surface area (Å²) >= 11 is 8.91. The first kappa shape index (κ1) is 16.9. The fourth-order valence-electron chi connectivity index (χ4n) is 1.48. The molecule has 0 saturated heterocycles. The maximum absolute atomic E-state index is 11.9. The van der Waals surface area contributed by atoms with Crippen LogP contribution in [0.15, 0.2) is 18.2 Å². The first-order valence-electron chi connectivity index (χ1n) is 5.92. The van der Waals surface area contributed by atoms with Crippen molar-refractivity contribution in [1.29, 1.82) is 0 Å². The van der Waals surface area contributed by atoms with Gasteiger partial charge in [0.1, 0.15) is 5.56 Å². The molecule has 0 bridgehead atoms. The summed E-state index contributed by atoms with van der Waals surface area (Å²) in [6.07, 6.45) is 0.639. The van der Waals surface area contributed by atoms with Gasteiger partial charge < -0.3 is 10.1 Å². The van der Waals surface area contributed by atoms with Crippen molar-refractivity contribution < 1.29 is 14.5 Å². The van der Waals surface area contributed by atoms with Crippen molar-refractivity contribution in [2.24, 2.45) is 0 Å². The third-order valence-corrected chi connectivity index (χ3v) is 2.93. The van der Waals surface area contributed by atoms with Gasteiger partial charge in [-0.1, -0.05) is 27.5 Å². The zero-order chi connectivity index (χ0) is 15.0. The van der Waals surface area contributed by atoms with Crippen molar-refractivity contribution >= 4 is 39.1 Å². The first-order chi connectivity index (χ1) is 9.56. The number of amides is 1. The van der Waals surface area contributed by atoms with Crippen molar-refractivity contribution in [1.82, 2.24) is 5.32 Å². The third kappa shape index (κ3) is 5.44. The number of hydrogen-bond acceptors (Lipinski definition) is 4. The SMILES string of the molecule is O=C(NCCCOCCBr)c1ccc(Cl)cc1[N+](=O)[O-]. The molecule has 0 unspecified atom stereocenters. The van der Waals surface area contributed by atoms with Crippen molar-refractivity contribution in [2.75, 3.05) is 25.1 Å². The predicted octanol–water partition coefficient (Wildman–Crippen LogP) is 2.78. The van der Waals surface area contributed by atoms with E-state index in [0.717, 1.165) is 11.4 Å². The molecular weight excluding hydrogens is 351 g/mol. The van der Waals surface area contributed by atoms with E-state index < -0.39 is 10.8 Å². The van der Waals surface area contributed by atoms with Crippen LogP contribution < -0.4 is 5.32 Å². The summed E-state index contributed by atoms with van der Waals surface area (Å²) in [6, 6.07) is 3.95. The Morgan fingerprint density at radius 1 is 1.45 bits per heavy atom. The van der Waals surface area contributed by atoms with E-state index in [1.807, 2.05) is 0 Å². The van der Waals surface area contributed by atoms with Gasteiger partial charge in [-0.05, 0) is 18.6 Å². The number of alkyl halides is 1. The Balaban J connectivity index is 2.53. The topological polar surface area (TPSA) is 81.5 Å². The second-order valence-corrected chi connectivity index (χ2v) is 5.06. The molecule has 0 spiro atoms. The van der Waals surface area contributed by atoms with Gasteiger partial charge in [0, 0.05) is 29.6 Å². The number of rotatable bonds is 8. The van der Waals surface area contributed by atoms with E-state index >= 15 is 0 Å². The number of nitrogens with zero attached hydrogens (tertiary/aromatic N) is 1. The highest BCUT2D eigenvalue weighted by Gasteiger charge is 2.19. The maximum Gasteiger partial charge on any atom is 0.283 e. The van der Waals surface area contributed by atoms with Crippen LogP contribution in [0.25, 0.3) is 0 Å². The highest BCUT2D eigenvalue weighted by molar-refractivity contribution is 9.09. The molecule has 0 radical (unpaired) electrons. The number of halogens is 2. The van der Waals surface area contributed by atoms with E-state index in [-0.39, 0.29) is 16.3 Å². The molecule has 0 aliphatic carbocycles. The zero-order valence-electron chi connectivity index (χ0n) is 10.6. The summed E-state index contributed by atoms with van der Waals surface area (Å²) in [6.45, 7) is 1.52. The van der Waals surface area contributed by atoms with Crippen LogP contribution in [-0.2, 0) is 4.74 Å². The molecule has 0 saturated carbocycles. The molecule has 1 N–H and O–H groups in total. The van der Waals surface area contributed by atoms with Crippen molar-refractivity contribution in [2.45, 2.75) is 6.42 Å². The number of nitro groups is 1. The number of carbonyl (C=O) groups excluding carboxylic acids is 1. The van der Waals surface area contributed by atoms with Crippen molar-refractivity contribution in [3.05, 3.63) is 38.9 Å². The van der Waals surface area contributed by atoms with E-state index in [4.69, 9.17) is 16.3 Å². The lowest BCUT2D eigenvalue weighted by molar-refractivity contribution is -0.385. The van der Waals surface area contributed by atoms with E-state index in [9.17, 15) is 14.9 Å². The lowest BCUT2D eigenvalue weighted by atomic mass is 10.1. The Bertz CT molecular complexity index is 485. The molecule has 1 aromatic rings. The number of nitro benzene ring substituents is 1. The lowest BCUT2D eigenvalue weighted by Gasteiger charge is -2.06. The molecule has 0 atom stereocenters. The first-order valence-corrected chi connectivity index (χ1v) is 7.42. The van der Waals surface area contributed by atoms with E-state index in [1.54, 1.807) is 0 Å². The molecule has 1 rings (SSSR count). The Labute approximate surface area is 129 Å². The second-order valence-electron chi connectivity index (χ2n) is 3.83. The summed E-state index contributed by atoms with van der Waals surface area (Å²) in [5.74, 6) is -0.492. The minimum atomic E-state index is -0.625. The van der Waals surface area contributed by atoms with Crippen LogP contribution in [0, 0.1) is 10.1 Å².